The fourth-order valence-electron chi connectivity index (χ4n) is 2.90. The second-order valence-corrected chi connectivity index (χ2v) is 5.62. The molecule has 1 fully saturated rings. The number of hydrogen-bond acceptors (Lipinski definition) is 5. The first kappa shape index (κ1) is 13.2. The highest BCUT2D eigenvalue weighted by atomic mass is 16.5. The standard InChI is InChI=1S/C15H20N4O/c1-4-15(5-6-16-9-15)14-18-13(19-20-14)12-7-10(2)17-11(3)8-12/h7-8,16H,4-6,9H2,1-3H3. The molecule has 0 saturated carbocycles. The van der Waals surface area contributed by atoms with Crippen molar-refractivity contribution < 1.29 is 4.52 Å². The highest BCUT2D eigenvalue weighted by Crippen LogP contribution is 2.33. The van der Waals surface area contributed by atoms with Gasteiger partial charge in [-0.05, 0) is 45.4 Å². The zero-order valence-electron chi connectivity index (χ0n) is 12.2. The molecule has 0 radical (unpaired) electrons. The van der Waals surface area contributed by atoms with E-state index in [4.69, 9.17) is 4.52 Å². The predicted molar refractivity (Wildman–Crippen MR) is 76.5 cm³/mol. The van der Waals surface area contributed by atoms with Gasteiger partial charge < -0.3 is 9.84 Å². The number of nitrogens with zero attached hydrogens (tertiary/aromatic N) is 3. The van der Waals surface area contributed by atoms with Gasteiger partial charge in [0.1, 0.15) is 0 Å². The van der Waals surface area contributed by atoms with Gasteiger partial charge >= 0.3 is 0 Å². The molecule has 20 heavy (non-hydrogen) atoms. The van der Waals surface area contributed by atoms with Crippen LogP contribution < -0.4 is 5.32 Å². The second-order valence-electron chi connectivity index (χ2n) is 5.62. The van der Waals surface area contributed by atoms with Crippen molar-refractivity contribution in [3.63, 3.8) is 0 Å². The lowest BCUT2D eigenvalue weighted by Gasteiger charge is -2.20. The Hall–Kier alpha value is -1.75. The van der Waals surface area contributed by atoms with Crippen LogP contribution >= 0.6 is 0 Å². The second kappa shape index (κ2) is 4.98. The molecule has 0 amide bonds. The molecule has 3 heterocycles. The average molecular weight is 272 g/mol. The summed E-state index contributed by atoms with van der Waals surface area (Å²) in [5, 5.41) is 7.56. The monoisotopic (exact) mass is 272 g/mol. The van der Waals surface area contributed by atoms with Crippen LogP contribution in [0, 0.1) is 13.8 Å². The predicted octanol–water partition coefficient (Wildman–Crippen LogP) is 2.39. The first-order valence-electron chi connectivity index (χ1n) is 7.13. The van der Waals surface area contributed by atoms with Crippen molar-refractivity contribution in [2.75, 3.05) is 13.1 Å². The van der Waals surface area contributed by atoms with Crippen LogP contribution in [0.15, 0.2) is 16.7 Å². The normalized spacial score (nSPS) is 22.4. The van der Waals surface area contributed by atoms with Crippen LogP contribution in [0.5, 0.6) is 0 Å². The third-order valence-electron chi connectivity index (χ3n) is 4.14. The summed E-state index contributed by atoms with van der Waals surface area (Å²) in [6.07, 6.45) is 2.07. The van der Waals surface area contributed by atoms with E-state index in [0.717, 1.165) is 48.8 Å². The minimum absolute atomic E-state index is 0.00235. The number of rotatable bonds is 3. The van der Waals surface area contributed by atoms with Gasteiger partial charge in [0.2, 0.25) is 11.7 Å². The molecular weight excluding hydrogens is 252 g/mol. The maximum absolute atomic E-state index is 5.56. The van der Waals surface area contributed by atoms with Crippen LogP contribution in [0.25, 0.3) is 11.4 Å². The van der Waals surface area contributed by atoms with Gasteiger partial charge in [-0.2, -0.15) is 4.98 Å². The van der Waals surface area contributed by atoms with E-state index in [1.54, 1.807) is 0 Å². The molecule has 1 atom stereocenters. The largest absolute Gasteiger partial charge is 0.338 e. The maximum Gasteiger partial charge on any atom is 0.234 e. The molecule has 2 aromatic heterocycles. The van der Waals surface area contributed by atoms with Crippen molar-refractivity contribution in [2.24, 2.45) is 0 Å². The summed E-state index contributed by atoms with van der Waals surface area (Å²) in [4.78, 5) is 9.02. The number of pyridine rings is 1. The first-order valence-corrected chi connectivity index (χ1v) is 7.13. The number of hydrogen-bond donors (Lipinski definition) is 1. The Morgan fingerprint density at radius 3 is 2.60 bits per heavy atom. The summed E-state index contributed by atoms with van der Waals surface area (Å²) in [6.45, 7) is 8.06. The number of aryl methyl sites for hydroxylation is 2. The number of nitrogens with one attached hydrogen (secondary N) is 1. The molecular formula is C15H20N4O. The molecule has 1 unspecified atom stereocenters. The van der Waals surface area contributed by atoms with Crippen LogP contribution in [0.1, 0.15) is 37.0 Å². The lowest BCUT2D eigenvalue weighted by atomic mass is 9.84. The van der Waals surface area contributed by atoms with E-state index in [2.05, 4.69) is 27.4 Å². The highest BCUT2D eigenvalue weighted by molar-refractivity contribution is 5.55. The SMILES string of the molecule is CCC1(c2nc(-c3cc(C)nc(C)c3)no2)CCNC1. The van der Waals surface area contributed by atoms with Crippen molar-refractivity contribution in [3.8, 4) is 11.4 Å². The minimum Gasteiger partial charge on any atom is -0.338 e. The zero-order chi connectivity index (χ0) is 14.2. The highest BCUT2D eigenvalue weighted by Gasteiger charge is 2.39. The summed E-state index contributed by atoms with van der Waals surface area (Å²) < 4.78 is 5.56. The summed E-state index contributed by atoms with van der Waals surface area (Å²) in [5.74, 6) is 1.42. The molecule has 5 nitrogen and oxygen atoms in total. The van der Waals surface area contributed by atoms with E-state index in [-0.39, 0.29) is 5.41 Å². The fraction of sp³-hybridized carbons (Fsp3) is 0.533. The van der Waals surface area contributed by atoms with Crippen LogP contribution in [-0.4, -0.2) is 28.2 Å². The van der Waals surface area contributed by atoms with Crippen molar-refractivity contribution in [2.45, 2.75) is 39.0 Å². The molecule has 106 valence electrons. The Morgan fingerprint density at radius 1 is 1.25 bits per heavy atom. The molecule has 0 aromatic carbocycles. The van der Waals surface area contributed by atoms with Crippen molar-refractivity contribution in [3.05, 3.63) is 29.4 Å². The van der Waals surface area contributed by atoms with E-state index in [1.807, 2.05) is 26.0 Å². The van der Waals surface area contributed by atoms with Gasteiger partial charge in [-0.15, -0.1) is 0 Å². The molecule has 1 saturated heterocycles. The Morgan fingerprint density at radius 2 is 2.00 bits per heavy atom. The molecule has 1 aliphatic heterocycles. The van der Waals surface area contributed by atoms with E-state index in [1.165, 1.54) is 0 Å². The molecule has 0 spiro atoms. The quantitative estimate of drug-likeness (QED) is 0.929. The lowest BCUT2D eigenvalue weighted by molar-refractivity contribution is 0.285. The first-order chi connectivity index (χ1) is 9.63. The van der Waals surface area contributed by atoms with Gasteiger partial charge in [0.05, 0.1) is 5.41 Å². The van der Waals surface area contributed by atoms with Crippen LogP contribution in [0.3, 0.4) is 0 Å². The Labute approximate surface area is 118 Å². The third kappa shape index (κ3) is 2.22. The average Bonchev–Trinajstić information content (AvgIpc) is 3.07. The smallest absolute Gasteiger partial charge is 0.234 e. The summed E-state index contributed by atoms with van der Waals surface area (Å²) >= 11 is 0. The van der Waals surface area contributed by atoms with Crippen molar-refractivity contribution >= 4 is 0 Å². The summed E-state index contributed by atoms with van der Waals surface area (Å²) in [5.41, 5.74) is 2.92. The van der Waals surface area contributed by atoms with Gasteiger partial charge in [-0.25, -0.2) is 0 Å². The topological polar surface area (TPSA) is 63.8 Å². The minimum atomic E-state index is 0.00235. The van der Waals surface area contributed by atoms with Crippen LogP contribution in [-0.2, 0) is 5.41 Å². The zero-order valence-corrected chi connectivity index (χ0v) is 12.2. The van der Waals surface area contributed by atoms with Gasteiger partial charge in [0.25, 0.3) is 0 Å². The molecule has 5 heteroatoms. The molecule has 3 rings (SSSR count). The third-order valence-corrected chi connectivity index (χ3v) is 4.14. The summed E-state index contributed by atoms with van der Waals surface area (Å²) in [6, 6.07) is 3.99. The van der Waals surface area contributed by atoms with Gasteiger partial charge in [0, 0.05) is 23.5 Å². The van der Waals surface area contributed by atoms with Gasteiger partial charge in [-0.1, -0.05) is 12.1 Å². The summed E-state index contributed by atoms with van der Waals surface area (Å²) in [7, 11) is 0. The van der Waals surface area contributed by atoms with Crippen LogP contribution in [0.2, 0.25) is 0 Å². The molecule has 0 bridgehead atoms. The van der Waals surface area contributed by atoms with Crippen LogP contribution in [0.4, 0.5) is 0 Å². The Kier molecular flexibility index (Phi) is 3.30. The molecule has 2 aromatic rings. The Bertz CT molecular complexity index is 594. The van der Waals surface area contributed by atoms with E-state index in [0.29, 0.717) is 5.82 Å². The lowest BCUT2D eigenvalue weighted by Crippen LogP contribution is -2.28. The van der Waals surface area contributed by atoms with Gasteiger partial charge in [0.15, 0.2) is 0 Å². The fourth-order valence-corrected chi connectivity index (χ4v) is 2.90. The van der Waals surface area contributed by atoms with E-state index < -0.39 is 0 Å². The van der Waals surface area contributed by atoms with Gasteiger partial charge in [-0.3, -0.25) is 4.98 Å². The number of aromatic nitrogens is 3. The van der Waals surface area contributed by atoms with Crippen molar-refractivity contribution in [1.29, 1.82) is 0 Å². The molecule has 1 aliphatic rings. The van der Waals surface area contributed by atoms with E-state index >= 15 is 0 Å². The molecule has 1 N–H and O–H groups in total. The maximum atomic E-state index is 5.56. The molecule has 0 aliphatic carbocycles. The van der Waals surface area contributed by atoms with Crippen molar-refractivity contribution in [1.82, 2.24) is 20.4 Å². The van der Waals surface area contributed by atoms with E-state index in [9.17, 15) is 0 Å². The Balaban J connectivity index is 1.97.